The van der Waals surface area contributed by atoms with Crippen molar-refractivity contribution in [3.05, 3.63) is 64.8 Å². The molecule has 1 aliphatic carbocycles. The van der Waals surface area contributed by atoms with Crippen molar-refractivity contribution in [2.24, 2.45) is 0 Å². The molecule has 0 spiro atoms. The Morgan fingerprint density at radius 3 is 2.77 bits per heavy atom. The van der Waals surface area contributed by atoms with Gasteiger partial charge in [-0.1, -0.05) is 18.2 Å². The van der Waals surface area contributed by atoms with Gasteiger partial charge in [0.15, 0.2) is 0 Å². The van der Waals surface area contributed by atoms with E-state index in [2.05, 4.69) is 41.4 Å². The van der Waals surface area contributed by atoms with Crippen molar-refractivity contribution in [1.29, 1.82) is 0 Å². The average molecular weight is 347 g/mol. The van der Waals surface area contributed by atoms with E-state index in [-0.39, 0.29) is 5.91 Å². The number of likely N-dealkylation sites (N-methyl/N-ethyl adjacent to an activating group) is 1. The van der Waals surface area contributed by atoms with Crippen molar-refractivity contribution in [3.63, 3.8) is 0 Å². The van der Waals surface area contributed by atoms with Crippen LogP contribution in [0.1, 0.15) is 33.6 Å². The summed E-state index contributed by atoms with van der Waals surface area (Å²) in [7, 11) is 4.30. The monoisotopic (exact) mass is 347 g/mol. The first kappa shape index (κ1) is 16.9. The number of nitrogens with one attached hydrogen (secondary N) is 2. The highest BCUT2D eigenvalue weighted by atomic mass is 16.1. The molecule has 0 radical (unpaired) electrons. The molecule has 4 heteroatoms. The minimum atomic E-state index is -0.0574. The zero-order chi connectivity index (χ0) is 18.3. The molecule has 1 heterocycles. The molecule has 1 unspecified atom stereocenters. The van der Waals surface area contributed by atoms with Gasteiger partial charge in [0.25, 0.3) is 5.91 Å². The fourth-order valence-corrected chi connectivity index (χ4v) is 3.94. The third kappa shape index (κ3) is 3.01. The Bertz CT molecular complexity index is 971. The first-order valence-electron chi connectivity index (χ1n) is 9.20. The van der Waals surface area contributed by atoms with E-state index in [4.69, 9.17) is 0 Å². The molecule has 0 saturated carbocycles. The first-order valence-corrected chi connectivity index (χ1v) is 9.20. The van der Waals surface area contributed by atoms with Gasteiger partial charge in [-0.15, -0.1) is 0 Å². The van der Waals surface area contributed by atoms with Crippen molar-refractivity contribution in [3.8, 4) is 0 Å². The summed E-state index contributed by atoms with van der Waals surface area (Å²) < 4.78 is 0. The summed E-state index contributed by atoms with van der Waals surface area (Å²) in [4.78, 5) is 18.5. The minimum absolute atomic E-state index is 0.0574. The maximum absolute atomic E-state index is 12.6. The highest BCUT2D eigenvalue weighted by molar-refractivity contribution is 6.06. The minimum Gasteiger partial charge on any atom is -0.358 e. The van der Waals surface area contributed by atoms with Gasteiger partial charge >= 0.3 is 0 Å². The van der Waals surface area contributed by atoms with Crippen LogP contribution in [0.4, 0.5) is 5.69 Å². The maximum Gasteiger partial charge on any atom is 0.255 e. The number of aromatic nitrogens is 1. The summed E-state index contributed by atoms with van der Waals surface area (Å²) in [5, 5.41) is 4.29. The Balaban J connectivity index is 1.65. The van der Waals surface area contributed by atoms with E-state index >= 15 is 0 Å². The molecule has 1 aromatic heterocycles. The van der Waals surface area contributed by atoms with Crippen molar-refractivity contribution in [2.75, 3.05) is 19.4 Å². The van der Waals surface area contributed by atoms with Crippen molar-refractivity contribution in [2.45, 2.75) is 32.2 Å². The molecule has 0 bridgehead atoms. The molecular formula is C22H25N3O. The molecule has 26 heavy (non-hydrogen) atoms. The molecule has 1 atom stereocenters. The number of nitrogens with zero attached hydrogens (tertiary/aromatic N) is 1. The third-order valence-electron chi connectivity index (χ3n) is 5.54. The zero-order valence-corrected chi connectivity index (χ0v) is 15.6. The van der Waals surface area contributed by atoms with Gasteiger partial charge in [-0.3, -0.25) is 4.79 Å². The second kappa shape index (κ2) is 6.61. The number of hydrogen-bond donors (Lipinski definition) is 2. The van der Waals surface area contributed by atoms with Crippen molar-refractivity contribution in [1.82, 2.24) is 9.88 Å². The number of carbonyl (C=O) groups is 1. The van der Waals surface area contributed by atoms with E-state index in [0.717, 1.165) is 35.2 Å². The Labute approximate surface area is 154 Å². The number of aryl methyl sites for hydroxylation is 2. The molecule has 1 aliphatic rings. The molecule has 4 rings (SSSR count). The summed E-state index contributed by atoms with van der Waals surface area (Å²) in [6.45, 7) is 1.96. The van der Waals surface area contributed by atoms with Crippen LogP contribution in [0.3, 0.4) is 0 Å². The summed E-state index contributed by atoms with van der Waals surface area (Å²) in [5.41, 5.74) is 6.45. The molecule has 134 valence electrons. The number of carbonyl (C=O) groups excluding carboxylic acids is 1. The van der Waals surface area contributed by atoms with E-state index in [1.165, 1.54) is 23.1 Å². The van der Waals surface area contributed by atoms with Gasteiger partial charge in [-0.05, 0) is 75.7 Å². The number of aromatic amines is 1. The highest BCUT2D eigenvalue weighted by Crippen LogP contribution is 2.32. The Morgan fingerprint density at radius 2 is 2.00 bits per heavy atom. The fourth-order valence-electron chi connectivity index (χ4n) is 3.94. The van der Waals surface area contributed by atoms with E-state index < -0.39 is 0 Å². The zero-order valence-electron chi connectivity index (χ0n) is 15.6. The lowest BCUT2D eigenvalue weighted by molar-refractivity contribution is 0.102. The molecule has 2 N–H and O–H groups in total. The first-order chi connectivity index (χ1) is 12.5. The van der Waals surface area contributed by atoms with Crippen molar-refractivity contribution >= 4 is 22.5 Å². The van der Waals surface area contributed by atoms with Crippen LogP contribution in [0.25, 0.3) is 10.9 Å². The number of amides is 1. The lowest BCUT2D eigenvalue weighted by Crippen LogP contribution is -2.33. The summed E-state index contributed by atoms with van der Waals surface area (Å²) in [6.07, 6.45) is 3.32. The lowest BCUT2D eigenvalue weighted by atomic mass is 9.91. The van der Waals surface area contributed by atoms with Gasteiger partial charge in [0.1, 0.15) is 0 Å². The van der Waals surface area contributed by atoms with Crippen molar-refractivity contribution < 1.29 is 4.79 Å². The molecule has 0 fully saturated rings. The maximum atomic E-state index is 12.6. The summed E-state index contributed by atoms with van der Waals surface area (Å²) >= 11 is 0. The summed E-state index contributed by atoms with van der Waals surface area (Å²) in [5.74, 6) is -0.0574. The van der Waals surface area contributed by atoms with Crippen LogP contribution in [-0.2, 0) is 12.8 Å². The van der Waals surface area contributed by atoms with Crippen LogP contribution in [0.2, 0.25) is 0 Å². The fraction of sp³-hybridized carbons (Fsp3) is 0.318. The molecule has 0 saturated heterocycles. The predicted molar refractivity (Wildman–Crippen MR) is 107 cm³/mol. The highest BCUT2D eigenvalue weighted by Gasteiger charge is 2.24. The van der Waals surface area contributed by atoms with Gasteiger partial charge < -0.3 is 15.2 Å². The molecule has 0 aliphatic heterocycles. The Kier molecular flexibility index (Phi) is 4.29. The van der Waals surface area contributed by atoms with Crippen LogP contribution in [0.15, 0.2) is 42.5 Å². The van der Waals surface area contributed by atoms with Crippen LogP contribution < -0.4 is 5.32 Å². The molecule has 3 aromatic rings. The van der Waals surface area contributed by atoms with E-state index in [9.17, 15) is 4.79 Å². The second-order valence-electron chi connectivity index (χ2n) is 7.47. The van der Waals surface area contributed by atoms with E-state index in [0.29, 0.717) is 6.04 Å². The quantitative estimate of drug-likeness (QED) is 0.748. The number of benzene rings is 2. The number of fused-ring (bicyclic) bond motifs is 3. The third-order valence-corrected chi connectivity index (χ3v) is 5.54. The number of rotatable bonds is 3. The van der Waals surface area contributed by atoms with Gasteiger partial charge in [0.05, 0.1) is 0 Å². The standard InChI is InChI=1S/C22H25N3O/c1-14-6-4-5-7-17(14)22(26)23-15-8-10-20-18(12-15)19-13-16(25(2)3)9-11-21(19)24-20/h4-8,10,12,16,24H,9,11,13H2,1-3H3,(H,23,26). The van der Waals surface area contributed by atoms with Crippen LogP contribution >= 0.6 is 0 Å². The Morgan fingerprint density at radius 1 is 1.19 bits per heavy atom. The number of H-pyrrole nitrogens is 1. The normalized spacial score (nSPS) is 16.7. The van der Waals surface area contributed by atoms with Gasteiger partial charge in [0, 0.05) is 33.9 Å². The average Bonchev–Trinajstić information content (AvgIpc) is 2.99. The van der Waals surface area contributed by atoms with Gasteiger partial charge in [0.2, 0.25) is 0 Å². The molecule has 2 aromatic carbocycles. The smallest absolute Gasteiger partial charge is 0.255 e. The van der Waals surface area contributed by atoms with E-state index in [1.807, 2.05) is 37.3 Å². The second-order valence-corrected chi connectivity index (χ2v) is 7.47. The number of hydrogen-bond acceptors (Lipinski definition) is 2. The van der Waals surface area contributed by atoms with Gasteiger partial charge in [-0.25, -0.2) is 0 Å². The lowest BCUT2D eigenvalue weighted by Gasteiger charge is -2.28. The van der Waals surface area contributed by atoms with Crippen LogP contribution in [0, 0.1) is 6.92 Å². The Hall–Kier alpha value is -2.59. The van der Waals surface area contributed by atoms with Gasteiger partial charge in [-0.2, -0.15) is 0 Å². The molecule has 1 amide bonds. The van der Waals surface area contributed by atoms with Crippen LogP contribution in [0.5, 0.6) is 0 Å². The predicted octanol–water partition coefficient (Wildman–Crippen LogP) is 4.15. The SMILES string of the molecule is Cc1ccccc1C(=O)Nc1ccc2[nH]c3c(c2c1)CC(N(C)C)CC3. The van der Waals surface area contributed by atoms with E-state index in [1.54, 1.807) is 0 Å². The topological polar surface area (TPSA) is 48.1 Å². The molecule has 4 nitrogen and oxygen atoms in total. The number of anilines is 1. The largest absolute Gasteiger partial charge is 0.358 e. The van der Waals surface area contributed by atoms with Crippen LogP contribution in [-0.4, -0.2) is 35.9 Å². The molecular weight excluding hydrogens is 322 g/mol. The summed E-state index contributed by atoms with van der Waals surface area (Å²) in [6, 6.07) is 14.4.